The van der Waals surface area contributed by atoms with Crippen molar-refractivity contribution in [2.45, 2.75) is 58.3 Å². The first-order chi connectivity index (χ1) is 14.6. The Balaban J connectivity index is 2.36. The molecule has 0 aliphatic carbocycles. The van der Waals surface area contributed by atoms with E-state index in [4.69, 9.17) is 14.2 Å². The molecule has 2 rings (SSSR count). The highest BCUT2D eigenvalue weighted by molar-refractivity contribution is 5.90. The minimum Gasteiger partial charge on any atom is -0.459 e. The van der Waals surface area contributed by atoms with Crippen molar-refractivity contribution in [1.29, 1.82) is 0 Å². The minimum atomic E-state index is -1.25. The average molecular weight is 431 g/mol. The molecule has 0 amide bonds. The number of halogens is 1. The molecule has 31 heavy (non-hydrogen) atoms. The summed E-state index contributed by atoms with van der Waals surface area (Å²) in [5.41, 5.74) is -0.0161. The Labute approximate surface area is 183 Å². The highest BCUT2D eigenvalue weighted by Gasteiger charge is 2.26. The molecule has 0 saturated heterocycles. The number of rotatable bonds is 3. The van der Waals surface area contributed by atoms with Crippen LogP contribution in [0.15, 0.2) is 60.2 Å². The zero-order chi connectivity index (χ0) is 23.0. The second kappa shape index (κ2) is 11.0. The van der Waals surface area contributed by atoms with Crippen LogP contribution in [0.25, 0.3) is 0 Å². The predicted octanol–water partition coefficient (Wildman–Crippen LogP) is 5.18. The summed E-state index contributed by atoms with van der Waals surface area (Å²) in [5.74, 6) is -1.42. The predicted molar refractivity (Wildman–Crippen MR) is 117 cm³/mol. The van der Waals surface area contributed by atoms with Gasteiger partial charge in [-0.1, -0.05) is 19.1 Å². The number of allylic oxidation sites excluding steroid dienone is 1. The maximum atomic E-state index is 13.2. The first kappa shape index (κ1) is 24.5. The van der Waals surface area contributed by atoms with Gasteiger partial charge in [-0.05, 0) is 81.5 Å². The first-order valence-electron chi connectivity index (χ1n) is 10.4. The van der Waals surface area contributed by atoms with Crippen LogP contribution in [0.5, 0.6) is 0 Å². The van der Waals surface area contributed by atoms with Crippen molar-refractivity contribution in [3.63, 3.8) is 0 Å². The van der Waals surface area contributed by atoms with Crippen molar-refractivity contribution in [2.24, 2.45) is 5.92 Å². The van der Waals surface area contributed by atoms with Crippen molar-refractivity contribution in [3.8, 4) is 0 Å². The molecule has 0 bridgehead atoms. The molecule has 1 aliphatic rings. The molecule has 4 atom stereocenters. The summed E-state index contributed by atoms with van der Waals surface area (Å²) in [6.45, 7) is 7.54. The summed E-state index contributed by atoms with van der Waals surface area (Å²) in [6, 6.07) is 5.07. The number of hydrogen-bond acceptors (Lipinski definition) is 5. The fraction of sp³-hybridized carbons (Fsp3) is 0.440. The SMILES string of the molecule is CO[C@H]1/C=C/[C@@](C)(OC(=O)c2ccc(F)cc2)/C=C/C(=O)O[C@H](C)[C@@H](C)CC/C=C/1C. The molecule has 0 N–H and O–H groups in total. The number of benzene rings is 1. The van der Waals surface area contributed by atoms with Gasteiger partial charge < -0.3 is 14.2 Å². The molecule has 0 radical (unpaired) electrons. The van der Waals surface area contributed by atoms with Crippen molar-refractivity contribution < 1.29 is 28.2 Å². The Morgan fingerprint density at radius 2 is 1.87 bits per heavy atom. The lowest BCUT2D eigenvalue weighted by molar-refractivity contribution is -0.144. The molecule has 5 nitrogen and oxygen atoms in total. The third-order valence-corrected chi connectivity index (χ3v) is 5.44. The molecular weight excluding hydrogens is 399 g/mol. The van der Waals surface area contributed by atoms with E-state index in [9.17, 15) is 14.0 Å². The smallest absolute Gasteiger partial charge is 0.339 e. The molecule has 0 unspecified atom stereocenters. The molecule has 0 fully saturated rings. The van der Waals surface area contributed by atoms with Gasteiger partial charge in [0, 0.05) is 13.2 Å². The zero-order valence-corrected chi connectivity index (χ0v) is 18.8. The zero-order valence-electron chi connectivity index (χ0n) is 18.8. The minimum absolute atomic E-state index is 0.184. The van der Waals surface area contributed by atoms with E-state index in [0.717, 1.165) is 18.4 Å². The summed E-state index contributed by atoms with van der Waals surface area (Å²) in [5, 5.41) is 0. The lowest BCUT2D eigenvalue weighted by Crippen LogP contribution is -2.29. The number of carbonyl (C=O) groups is 2. The average Bonchev–Trinajstić information content (AvgIpc) is 2.72. The van der Waals surface area contributed by atoms with Crippen molar-refractivity contribution >= 4 is 11.9 Å². The van der Waals surface area contributed by atoms with Crippen LogP contribution in [0.4, 0.5) is 4.39 Å². The van der Waals surface area contributed by atoms with Crippen molar-refractivity contribution in [2.75, 3.05) is 7.11 Å². The summed E-state index contributed by atoms with van der Waals surface area (Å²) < 4.78 is 29.9. The van der Waals surface area contributed by atoms with Gasteiger partial charge in [0.15, 0.2) is 0 Å². The monoisotopic (exact) mass is 430 g/mol. The fourth-order valence-electron chi connectivity index (χ4n) is 3.16. The molecule has 1 aromatic rings. The molecule has 1 aromatic carbocycles. The standard InChI is InChI=1S/C25H31FO5/c1-17-7-6-8-18(2)22(29-5)13-15-25(4,16-14-23(27)30-19(17)3)31-24(28)20-9-11-21(26)12-10-20/h8-17,19,22H,6-7H2,1-5H3/b15-13+,16-14+,18-8+/t17-,19+,22-,25+/m0/s1. The molecule has 1 aliphatic heterocycles. The van der Waals surface area contributed by atoms with E-state index in [1.165, 1.54) is 36.4 Å². The lowest BCUT2D eigenvalue weighted by atomic mass is 9.97. The Bertz CT molecular complexity index is 855. The van der Waals surface area contributed by atoms with Crippen LogP contribution in [0, 0.1) is 11.7 Å². The van der Waals surface area contributed by atoms with Crippen LogP contribution in [-0.4, -0.2) is 36.9 Å². The number of ether oxygens (including phenoxy) is 3. The quantitative estimate of drug-likeness (QED) is 0.489. The van der Waals surface area contributed by atoms with Gasteiger partial charge in [-0.15, -0.1) is 0 Å². The van der Waals surface area contributed by atoms with Crippen LogP contribution in [-0.2, 0) is 19.0 Å². The Morgan fingerprint density at radius 1 is 1.19 bits per heavy atom. The largest absolute Gasteiger partial charge is 0.459 e. The van der Waals surface area contributed by atoms with E-state index in [1.54, 1.807) is 26.2 Å². The molecule has 168 valence electrons. The van der Waals surface area contributed by atoms with Gasteiger partial charge in [0.25, 0.3) is 0 Å². The van der Waals surface area contributed by atoms with E-state index in [2.05, 4.69) is 6.08 Å². The van der Waals surface area contributed by atoms with E-state index in [0.29, 0.717) is 0 Å². The van der Waals surface area contributed by atoms with Crippen LogP contribution >= 0.6 is 0 Å². The molecule has 6 heteroatoms. The summed E-state index contributed by atoms with van der Waals surface area (Å²) in [6.07, 6.45) is 9.45. The van der Waals surface area contributed by atoms with Gasteiger partial charge in [0.1, 0.15) is 17.5 Å². The molecular formula is C25H31FO5. The second-order valence-electron chi connectivity index (χ2n) is 8.07. The van der Waals surface area contributed by atoms with E-state index < -0.39 is 23.4 Å². The summed E-state index contributed by atoms with van der Waals surface area (Å²) >= 11 is 0. The van der Waals surface area contributed by atoms with Gasteiger partial charge in [0.05, 0.1) is 11.7 Å². The van der Waals surface area contributed by atoms with Crippen LogP contribution in [0.3, 0.4) is 0 Å². The number of esters is 2. The number of methoxy groups -OCH3 is 1. The number of hydrogen-bond donors (Lipinski definition) is 0. The third kappa shape index (κ3) is 7.47. The third-order valence-electron chi connectivity index (χ3n) is 5.44. The topological polar surface area (TPSA) is 61.8 Å². The number of cyclic esters (lactones) is 1. The highest BCUT2D eigenvalue weighted by Crippen LogP contribution is 2.22. The van der Waals surface area contributed by atoms with Gasteiger partial charge in [-0.2, -0.15) is 0 Å². The Hall–Kier alpha value is -2.73. The van der Waals surface area contributed by atoms with Gasteiger partial charge in [-0.3, -0.25) is 0 Å². The second-order valence-corrected chi connectivity index (χ2v) is 8.07. The molecule has 0 saturated carbocycles. The van der Waals surface area contributed by atoms with Crippen molar-refractivity contribution in [3.05, 3.63) is 71.6 Å². The van der Waals surface area contributed by atoms with E-state index in [-0.39, 0.29) is 23.7 Å². The normalized spacial score (nSPS) is 31.5. The molecule has 0 spiro atoms. The molecule has 0 aromatic heterocycles. The van der Waals surface area contributed by atoms with Crippen LogP contribution in [0.1, 0.15) is 50.9 Å². The summed E-state index contributed by atoms with van der Waals surface area (Å²) in [7, 11) is 1.61. The van der Waals surface area contributed by atoms with Gasteiger partial charge in [0.2, 0.25) is 0 Å². The fourth-order valence-corrected chi connectivity index (χ4v) is 3.16. The maximum Gasteiger partial charge on any atom is 0.339 e. The van der Waals surface area contributed by atoms with E-state index >= 15 is 0 Å². The Kier molecular flexibility index (Phi) is 8.75. The van der Waals surface area contributed by atoms with Gasteiger partial charge in [-0.25, -0.2) is 14.0 Å². The lowest BCUT2D eigenvalue weighted by Gasteiger charge is -2.25. The highest BCUT2D eigenvalue weighted by atomic mass is 19.1. The van der Waals surface area contributed by atoms with Crippen LogP contribution in [0.2, 0.25) is 0 Å². The summed E-state index contributed by atoms with van der Waals surface area (Å²) in [4.78, 5) is 24.9. The molecule has 1 heterocycles. The Morgan fingerprint density at radius 3 is 2.52 bits per heavy atom. The van der Waals surface area contributed by atoms with Crippen molar-refractivity contribution in [1.82, 2.24) is 0 Å². The van der Waals surface area contributed by atoms with E-state index in [1.807, 2.05) is 20.8 Å². The van der Waals surface area contributed by atoms with Gasteiger partial charge >= 0.3 is 11.9 Å². The maximum absolute atomic E-state index is 13.2. The first-order valence-corrected chi connectivity index (χ1v) is 10.4. The number of carbonyl (C=O) groups excluding carboxylic acids is 2. The van der Waals surface area contributed by atoms with Crippen LogP contribution < -0.4 is 0 Å².